The Labute approximate surface area is 162 Å². The third-order valence-electron chi connectivity index (χ3n) is 4.53. The Kier molecular flexibility index (Phi) is 4.53. The van der Waals surface area contributed by atoms with Crippen molar-refractivity contribution in [1.82, 2.24) is 10.2 Å². The van der Waals surface area contributed by atoms with Crippen molar-refractivity contribution in [3.63, 3.8) is 0 Å². The van der Waals surface area contributed by atoms with Gasteiger partial charge in [0.1, 0.15) is 0 Å². The Hall–Kier alpha value is -3.67. The second kappa shape index (κ2) is 7.15. The summed E-state index contributed by atoms with van der Waals surface area (Å²) in [5.41, 5.74) is 4.97. The van der Waals surface area contributed by atoms with Gasteiger partial charge in [-0.3, -0.25) is 4.79 Å². The van der Waals surface area contributed by atoms with E-state index in [0.29, 0.717) is 34.4 Å². The topological polar surface area (TPSA) is 81.2 Å². The molecule has 1 N–H and O–H groups in total. The predicted octanol–water partition coefficient (Wildman–Crippen LogP) is 5.17. The smallest absolute Gasteiger partial charge is 0.283 e. The molecule has 0 aliphatic heterocycles. The second-order valence-corrected chi connectivity index (χ2v) is 6.69. The first-order valence-electron chi connectivity index (χ1n) is 8.88. The third-order valence-corrected chi connectivity index (χ3v) is 4.53. The number of aryl methyl sites for hydroxylation is 3. The fourth-order valence-corrected chi connectivity index (χ4v) is 2.90. The summed E-state index contributed by atoms with van der Waals surface area (Å²) in [6, 6.07) is 14.9. The molecule has 0 spiro atoms. The number of amides is 1. The Bertz CT molecular complexity index is 1140. The minimum Gasteiger partial charge on any atom is -0.459 e. The molecule has 0 saturated carbocycles. The van der Waals surface area contributed by atoms with Gasteiger partial charge in [0.15, 0.2) is 5.76 Å². The summed E-state index contributed by atoms with van der Waals surface area (Å²) < 4.78 is 11.0. The standard InChI is InChI=1S/C22H19N3O3/c1-13-6-7-14(2)17(11-13)20(26)23-18-12-16(9-8-15(18)3)21-24-25-22(28-21)19-5-4-10-27-19/h4-12H,1-3H3,(H,23,26). The van der Waals surface area contributed by atoms with Crippen LogP contribution in [0.4, 0.5) is 5.69 Å². The molecule has 2 aromatic heterocycles. The molecule has 6 heteroatoms. The Balaban J connectivity index is 1.62. The minimum atomic E-state index is -0.150. The number of hydrogen-bond acceptors (Lipinski definition) is 5. The number of benzene rings is 2. The molecule has 0 bridgehead atoms. The molecule has 0 aliphatic carbocycles. The molecule has 0 aliphatic rings. The Morgan fingerprint density at radius 2 is 1.71 bits per heavy atom. The lowest BCUT2D eigenvalue weighted by atomic mass is 10.0. The van der Waals surface area contributed by atoms with Gasteiger partial charge in [-0.15, -0.1) is 10.2 Å². The first-order chi connectivity index (χ1) is 13.5. The summed E-state index contributed by atoms with van der Waals surface area (Å²) in [7, 11) is 0. The molecule has 2 heterocycles. The van der Waals surface area contributed by atoms with Gasteiger partial charge in [0.05, 0.1) is 6.26 Å². The zero-order valence-corrected chi connectivity index (χ0v) is 15.8. The summed E-state index contributed by atoms with van der Waals surface area (Å²) >= 11 is 0. The third kappa shape index (κ3) is 3.44. The second-order valence-electron chi connectivity index (χ2n) is 6.69. The maximum atomic E-state index is 12.8. The monoisotopic (exact) mass is 373 g/mol. The molecular formula is C22H19N3O3. The largest absolute Gasteiger partial charge is 0.459 e. The lowest BCUT2D eigenvalue weighted by Gasteiger charge is -2.11. The average molecular weight is 373 g/mol. The van der Waals surface area contributed by atoms with E-state index < -0.39 is 0 Å². The van der Waals surface area contributed by atoms with Crippen LogP contribution in [0.1, 0.15) is 27.0 Å². The van der Waals surface area contributed by atoms with Gasteiger partial charge in [-0.2, -0.15) is 0 Å². The highest BCUT2D eigenvalue weighted by Crippen LogP contribution is 2.28. The molecule has 1 amide bonds. The van der Waals surface area contributed by atoms with Crippen LogP contribution >= 0.6 is 0 Å². The van der Waals surface area contributed by atoms with Crippen LogP contribution in [-0.4, -0.2) is 16.1 Å². The van der Waals surface area contributed by atoms with Gasteiger partial charge in [0.25, 0.3) is 11.8 Å². The molecule has 140 valence electrons. The van der Waals surface area contributed by atoms with E-state index in [1.807, 2.05) is 57.2 Å². The van der Waals surface area contributed by atoms with E-state index in [0.717, 1.165) is 16.7 Å². The summed E-state index contributed by atoms with van der Waals surface area (Å²) in [4.78, 5) is 12.8. The fraction of sp³-hybridized carbons (Fsp3) is 0.136. The molecule has 0 fully saturated rings. The van der Waals surface area contributed by atoms with Crippen molar-refractivity contribution in [3.8, 4) is 23.1 Å². The number of hydrogen-bond donors (Lipinski definition) is 1. The van der Waals surface area contributed by atoms with E-state index in [1.54, 1.807) is 18.4 Å². The van der Waals surface area contributed by atoms with Gasteiger partial charge < -0.3 is 14.2 Å². The van der Waals surface area contributed by atoms with Crippen molar-refractivity contribution in [2.45, 2.75) is 20.8 Å². The normalized spacial score (nSPS) is 10.8. The van der Waals surface area contributed by atoms with Crippen LogP contribution in [0.15, 0.2) is 63.6 Å². The van der Waals surface area contributed by atoms with Gasteiger partial charge in [0.2, 0.25) is 5.89 Å². The SMILES string of the molecule is Cc1ccc(C)c(C(=O)Nc2cc(-c3nnc(-c4ccco4)o3)ccc2C)c1. The van der Waals surface area contributed by atoms with Crippen molar-refractivity contribution < 1.29 is 13.6 Å². The van der Waals surface area contributed by atoms with Crippen LogP contribution in [0.25, 0.3) is 23.1 Å². The van der Waals surface area contributed by atoms with E-state index in [2.05, 4.69) is 15.5 Å². The van der Waals surface area contributed by atoms with Gasteiger partial charge in [0, 0.05) is 16.8 Å². The summed E-state index contributed by atoms with van der Waals surface area (Å²) in [5, 5.41) is 11.1. The van der Waals surface area contributed by atoms with Crippen molar-refractivity contribution >= 4 is 11.6 Å². The molecule has 2 aromatic carbocycles. The zero-order valence-electron chi connectivity index (χ0n) is 15.8. The van der Waals surface area contributed by atoms with Crippen LogP contribution in [0.2, 0.25) is 0 Å². The lowest BCUT2D eigenvalue weighted by molar-refractivity contribution is 0.102. The van der Waals surface area contributed by atoms with E-state index in [-0.39, 0.29) is 5.91 Å². The molecule has 0 saturated heterocycles. The van der Waals surface area contributed by atoms with Crippen molar-refractivity contribution in [1.29, 1.82) is 0 Å². The van der Waals surface area contributed by atoms with Crippen LogP contribution in [0, 0.1) is 20.8 Å². The molecule has 6 nitrogen and oxygen atoms in total. The zero-order chi connectivity index (χ0) is 19.7. The fourth-order valence-electron chi connectivity index (χ4n) is 2.90. The van der Waals surface area contributed by atoms with Crippen LogP contribution in [0.5, 0.6) is 0 Å². The van der Waals surface area contributed by atoms with E-state index in [4.69, 9.17) is 8.83 Å². The number of furan rings is 1. The van der Waals surface area contributed by atoms with Crippen LogP contribution in [0.3, 0.4) is 0 Å². The van der Waals surface area contributed by atoms with Crippen molar-refractivity contribution in [3.05, 3.63) is 77.0 Å². The number of anilines is 1. The van der Waals surface area contributed by atoms with Gasteiger partial charge in [-0.1, -0.05) is 23.8 Å². The van der Waals surface area contributed by atoms with Crippen molar-refractivity contribution in [2.24, 2.45) is 0 Å². The summed E-state index contributed by atoms with van der Waals surface area (Å²) in [6.07, 6.45) is 1.55. The van der Waals surface area contributed by atoms with Crippen molar-refractivity contribution in [2.75, 3.05) is 5.32 Å². The quantitative estimate of drug-likeness (QED) is 0.533. The highest BCUT2D eigenvalue weighted by molar-refractivity contribution is 6.06. The van der Waals surface area contributed by atoms with Gasteiger partial charge >= 0.3 is 0 Å². The summed E-state index contributed by atoms with van der Waals surface area (Å²) in [5.74, 6) is 1.02. The molecule has 28 heavy (non-hydrogen) atoms. The molecule has 4 aromatic rings. The van der Waals surface area contributed by atoms with Gasteiger partial charge in [-0.25, -0.2) is 0 Å². The van der Waals surface area contributed by atoms with Crippen LogP contribution < -0.4 is 5.32 Å². The van der Waals surface area contributed by atoms with Gasteiger partial charge in [-0.05, 0) is 62.2 Å². The predicted molar refractivity (Wildman–Crippen MR) is 106 cm³/mol. The maximum absolute atomic E-state index is 12.8. The molecule has 0 radical (unpaired) electrons. The average Bonchev–Trinajstić information content (AvgIpc) is 3.36. The Morgan fingerprint density at radius 1 is 0.929 bits per heavy atom. The van der Waals surface area contributed by atoms with E-state index >= 15 is 0 Å². The number of carbonyl (C=O) groups is 1. The number of nitrogens with zero attached hydrogens (tertiary/aromatic N) is 2. The number of aromatic nitrogens is 2. The number of nitrogens with one attached hydrogen (secondary N) is 1. The summed E-state index contributed by atoms with van der Waals surface area (Å²) in [6.45, 7) is 5.82. The molecule has 0 atom stereocenters. The molecule has 0 unspecified atom stereocenters. The first-order valence-corrected chi connectivity index (χ1v) is 8.88. The Morgan fingerprint density at radius 3 is 2.50 bits per heavy atom. The van der Waals surface area contributed by atoms with E-state index in [9.17, 15) is 4.79 Å². The molecule has 4 rings (SSSR count). The highest BCUT2D eigenvalue weighted by atomic mass is 16.4. The number of rotatable bonds is 4. The highest BCUT2D eigenvalue weighted by Gasteiger charge is 2.15. The van der Waals surface area contributed by atoms with E-state index in [1.165, 1.54) is 0 Å². The van der Waals surface area contributed by atoms with Crippen LogP contribution in [-0.2, 0) is 0 Å². The molecular weight excluding hydrogens is 354 g/mol. The minimum absolute atomic E-state index is 0.150. The lowest BCUT2D eigenvalue weighted by Crippen LogP contribution is -2.14. The number of carbonyl (C=O) groups excluding carboxylic acids is 1. The maximum Gasteiger partial charge on any atom is 0.283 e. The first kappa shape index (κ1) is 17.7.